The van der Waals surface area contributed by atoms with E-state index in [0.29, 0.717) is 36.2 Å². The van der Waals surface area contributed by atoms with Crippen LogP contribution in [-0.4, -0.2) is 57.0 Å². The van der Waals surface area contributed by atoms with Crippen LogP contribution in [-0.2, 0) is 18.3 Å². The molecule has 0 radical (unpaired) electrons. The maximum absolute atomic E-state index is 13.3. The molecule has 1 aliphatic heterocycles. The van der Waals surface area contributed by atoms with Gasteiger partial charge >= 0.3 is 6.09 Å². The van der Waals surface area contributed by atoms with Crippen LogP contribution in [0.1, 0.15) is 39.2 Å². The Hall–Kier alpha value is -3.56. The zero-order chi connectivity index (χ0) is 24.5. The first-order chi connectivity index (χ1) is 16.2. The smallest absolute Gasteiger partial charge is 0.407 e. The molecule has 4 rings (SSSR count). The van der Waals surface area contributed by atoms with Gasteiger partial charge in [0.05, 0.1) is 6.54 Å². The number of ether oxygens (including phenoxy) is 1. The molecule has 182 valence electrons. The number of carbonyl (C=O) groups excluding carboxylic acids is 1. The average molecular weight is 468 g/mol. The summed E-state index contributed by atoms with van der Waals surface area (Å²) in [6.07, 6.45) is 1.30. The number of carbonyl (C=O) groups is 1. The number of alkyl carbamates (subject to hydrolysis) is 1. The third-order valence-electron chi connectivity index (χ3n) is 5.80. The van der Waals surface area contributed by atoms with Crippen molar-refractivity contribution in [2.75, 3.05) is 30.4 Å². The number of rotatable bonds is 5. The highest BCUT2D eigenvalue weighted by Crippen LogP contribution is 2.25. The Morgan fingerprint density at radius 1 is 1.21 bits per heavy atom. The first-order valence-corrected chi connectivity index (χ1v) is 11.6. The maximum Gasteiger partial charge on any atom is 0.407 e. The van der Waals surface area contributed by atoms with Gasteiger partial charge in [-0.15, -0.1) is 0 Å². The highest BCUT2D eigenvalue weighted by Gasteiger charge is 2.28. The monoisotopic (exact) mass is 467 g/mol. The minimum atomic E-state index is -0.557. The summed E-state index contributed by atoms with van der Waals surface area (Å²) in [5, 5.41) is 5.95. The maximum atomic E-state index is 13.3. The first-order valence-electron chi connectivity index (χ1n) is 11.6. The summed E-state index contributed by atoms with van der Waals surface area (Å²) in [7, 11) is 3.43. The Morgan fingerprint density at radius 2 is 1.94 bits per heavy atom. The summed E-state index contributed by atoms with van der Waals surface area (Å²) in [6.45, 7) is 7.36. The number of hydrogen-bond donors (Lipinski definition) is 2. The standard InChI is InChI=1S/C24H33N7O3/c1-24(2,3)34-23(33)26-17-12-9-13-30(15-17)22-28-19-18(20(32)29(5)21(25-4)27-19)31(22)14-16-10-7-6-8-11-16/h6-8,10-11,17H,9,12-15H2,1-5H3,(H,25,27)(H,26,33). The minimum Gasteiger partial charge on any atom is -0.444 e. The molecule has 0 saturated carbocycles. The number of benzene rings is 1. The Morgan fingerprint density at radius 3 is 2.62 bits per heavy atom. The number of aromatic nitrogens is 4. The predicted octanol–water partition coefficient (Wildman–Crippen LogP) is 2.71. The van der Waals surface area contributed by atoms with Crippen molar-refractivity contribution < 1.29 is 9.53 Å². The topological polar surface area (TPSA) is 106 Å². The molecule has 3 aromatic rings. The third kappa shape index (κ3) is 5.00. The molecule has 1 aliphatic rings. The number of piperidine rings is 1. The molecule has 1 saturated heterocycles. The molecule has 1 atom stereocenters. The number of amides is 1. The number of hydrogen-bond acceptors (Lipinski definition) is 7. The van der Waals surface area contributed by atoms with E-state index in [4.69, 9.17) is 9.72 Å². The number of anilines is 2. The highest BCUT2D eigenvalue weighted by molar-refractivity contribution is 5.76. The summed E-state index contributed by atoms with van der Waals surface area (Å²) >= 11 is 0. The zero-order valence-electron chi connectivity index (χ0n) is 20.5. The second-order valence-corrected chi connectivity index (χ2v) is 9.64. The lowest BCUT2D eigenvalue weighted by molar-refractivity contribution is 0.0500. The van der Waals surface area contributed by atoms with Crippen LogP contribution in [0.2, 0.25) is 0 Å². The Bertz CT molecular complexity index is 1230. The van der Waals surface area contributed by atoms with Crippen LogP contribution < -0.4 is 21.1 Å². The summed E-state index contributed by atoms with van der Waals surface area (Å²) < 4.78 is 8.87. The van der Waals surface area contributed by atoms with E-state index >= 15 is 0 Å². The lowest BCUT2D eigenvalue weighted by atomic mass is 10.1. The van der Waals surface area contributed by atoms with Crippen molar-refractivity contribution in [3.63, 3.8) is 0 Å². The van der Waals surface area contributed by atoms with Gasteiger partial charge in [-0.1, -0.05) is 30.3 Å². The SMILES string of the molecule is CNc1nc2nc(N3CCCC(NC(=O)OC(C)(C)C)C3)n(Cc3ccccc3)c2c(=O)n1C. The minimum absolute atomic E-state index is 0.0859. The number of fused-ring (bicyclic) bond motifs is 1. The van der Waals surface area contributed by atoms with Crippen molar-refractivity contribution in [3.8, 4) is 0 Å². The molecule has 2 aromatic heterocycles. The van der Waals surface area contributed by atoms with Gasteiger partial charge in [0.2, 0.25) is 11.9 Å². The molecule has 1 unspecified atom stereocenters. The summed E-state index contributed by atoms with van der Waals surface area (Å²) in [6, 6.07) is 9.89. The van der Waals surface area contributed by atoms with Gasteiger partial charge < -0.3 is 20.3 Å². The van der Waals surface area contributed by atoms with Gasteiger partial charge in [-0.2, -0.15) is 9.97 Å². The van der Waals surface area contributed by atoms with Crippen molar-refractivity contribution in [2.45, 2.75) is 51.8 Å². The Balaban J connectivity index is 1.71. The van der Waals surface area contributed by atoms with Crippen molar-refractivity contribution in [2.24, 2.45) is 7.05 Å². The summed E-state index contributed by atoms with van der Waals surface area (Å²) in [4.78, 5) is 37.1. The normalized spacial score (nSPS) is 16.5. The fourth-order valence-corrected chi connectivity index (χ4v) is 4.28. The molecule has 1 aromatic carbocycles. The van der Waals surface area contributed by atoms with E-state index in [1.54, 1.807) is 14.1 Å². The third-order valence-corrected chi connectivity index (χ3v) is 5.80. The van der Waals surface area contributed by atoms with Crippen LogP contribution in [0, 0.1) is 0 Å². The second-order valence-electron chi connectivity index (χ2n) is 9.64. The molecule has 1 fully saturated rings. The van der Waals surface area contributed by atoms with Gasteiger partial charge in [-0.3, -0.25) is 13.9 Å². The van der Waals surface area contributed by atoms with E-state index in [9.17, 15) is 9.59 Å². The van der Waals surface area contributed by atoms with E-state index in [0.717, 1.165) is 24.9 Å². The van der Waals surface area contributed by atoms with Gasteiger partial charge in [0.25, 0.3) is 5.56 Å². The molecule has 0 bridgehead atoms. The van der Waals surface area contributed by atoms with E-state index in [1.807, 2.05) is 55.7 Å². The van der Waals surface area contributed by atoms with Crippen LogP contribution in [0.25, 0.3) is 11.2 Å². The Kier molecular flexibility index (Phi) is 6.49. The van der Waals surface area contributed by atoms with Crippen molar-refractivity contribution >= 4 is 29.2 Å². The van der Waals surface area contributed by atoms with Crippen molar-refractivity contribution in [1.29, 1.82) is 0 Å². The lowest BCUT2D eigenvalue weighted by Gasteiger charge is -2.34. The fourth-order valence-electron chi connectivity index (χ4n) is 4.28. The summed E-state index contributed by atoms with van der Waals surface area (Å²) in [5.74, 6) is 1.13. The van der Waals surface area contributed by atoms with E-state index < -0.39 is 11.7 Å². The molecule has 1 amide bonds. The zero-order valence-corrected chi connectivity index (χ0v) is 20.5. The number of nitrogens with one attached hydrogen (secondary N) is 2. The van der Waals surface area contributed by atoms with E-state index in [1.165, 1.54) is 4.57 Å². The van der Waals surface area contributed by atoms with E-state index in [2.05, 4.69) is 20.5 Å². The second kappa shape index (κ2) is 9.36. The molecule has 0 aliphatic carbocycles. The number of nitrogens with zero attached hydrogens (tertiary/aromatic N) is 5. The molecule has 3 heterocycles. The molecule has 10 nitrogen and oxygen atoms in total. The molecule has 0 spiro atoms. The van der Waals surface area contributed by atoms with Crippen LogP contribution in [0.15, 0.2) is 35.1 Å². The lowest BCUT2D eigenvalue weighted by Crippen LogP contribution is -2.49. The largest absolute Gasteiger partial charge is 0.444 e. The van der Waals surface area contributed by atoms with Crippen LogP contribution in [0.3, 0.4) is 0 Å². The van der Waals surface area contributed by atoms with Gasteiger partial charge in [0.15, 0.2) is 11.2 Å². The fraction of sp³-hybridized carbons (Fsp3) is 0.500. The van der Waals surface area contributed by atoms with Crippen LogP contribution in [0.4, 0.5) is 16.7 Å². The summed E-state index contributed by atoms with van der Waals surface area (Å²) in [5.41, 5.74) is 1.20. The molecule has 2 N–H and O–H groups in total. The number of imidazole rings is 1. The molecule has 10 heteroatoms. The van der Waals surface area contributed by atoms with Gasteiger partial charge in [0, 0.05) is 33.2 Å². The van der Waals surface area contributed by atoms with E-state index in [-0.39, 0.29) is 11.6 Å². The van der Waals surface area contributed by atoms with Crippen LogP contribution in [0.5, 0.6) is 0 Å². The van der Waals surface area contributed by atoms with Crippen LogP contribution >= 0.6 is 0 Å². The molecular weight excluding hydrogens is 434 g/mol. The average Bonchev–Trinajstić information content (AvgIpc) is 3.14. The molecular formula is C24H33N7O3. The predicted molar refractivity (Wildman–Crippen MR) is 132 cm³/mol. The highest BCUT2D eigenvalue weighted by atomic mass is 16.6. The molecule has 34 heavy (non-hydrogen) atoms. The first kappa shape index (κ1) is 23.6. The van der Waals surface area contributed by atoms with Gasteiger partial charge in [-0.25, -0.2) is 4.79 Å². The van der Waals surface area contributed by atoms with Crippen molar-refractivity contribution in [3.05, 3.63) is 46.2 Å². The van der Waals surface area contributed by atoms with Gasteiger partial charge in [-0.05, 0) is 39.2 Å². The Labute approximate surface area is 198 Å². The van der Waals surface area contributed by atoms with Gasteiger partial charge in [0.1, 0.15) is 5.60 Å². The van der Waals surface area contributed by atoms with Crippen molar-refractivity contribution in [1.82, 2.24) is 24.4 Å². The quantitative estimate of drug-likeness (QED) is 0.594.